The zero-order valence-electron chi connectivity index (χ0n) is 25.2. The fourth-order valence-corrected chi connectivity index (χ4v) is 6.48. The van der Waals surface area contributed by atoms with Gasteiger partial charge in [-0.15, -0.1) is 0 Å². The number of halogens is 2. The molecule has 0 bridgehead atoms. The van der Waals surface area contributed by atoms with Gasteiger partial charge in [0.1, 0.15) is 24.2 Å². The molecule has 4 rings (SSSR count). The van der Waals surface area contributed by atoms with Crippen LogP contribution in [0.1, 0.15) is 25.0 Å². The molecule has 0 aromatic heterocycles. The molecule has 236 valence electrons. The quantitative estimate of drug-likeness (QED) is 0.196. The first-order chi connectivity index (χ1) is 21.5. The summed E-state index contributed by atoms with van der Waals surface area (Å²) in [4.78, 5) is 29.3. The highest BCUT2D eigenvalue weighted by Crippen LogP contribution is 2.32. The van der Waals surface area contributed by atoms with Gasteiger partial charge in [0, 0.05) is 24.6 Å². The molecule has 0 heterocycles. The molecule has 0 aliphatic carbocycles. The monoisotopic (exact) mass is 651 g/mol. The second-order valence-corrected chi connectivity index (χ2v) is 12.9. The Kier molecular flexibility index (Phi) is 11.2. The largest absolute Gasteiger partial charge is 0.495 e. The Morgan fingerprint density at radius 2 is 1.53 bits per heavy atom. The molecule has 0 aliphatic heterocycles. The number of hydrogen-bond donors (Lipinski definition) is 1. The third-order valence-electron chi connectivity index (χ3n) is 7.03. The number of methoxy groups -OCH3 is 1. The van der Waals surface area contributed by atoms with E-state index in [1.54, 1.807) is 38.1 Å². The van der Waals surface area contributed by atoms with Gasteiger partial charge in [-0.05, 0) is 55.8 Å². The average Bonchev–Trinajstić information content (AvgIpc) is 3.02. The third-order valence-corrected chi connectivity index (χ3v) is 9.12. The Morgan fingerprint density at radius 3 is 2.13 bits per heavy atom. The van der Waals surface area contributed by atoms with Gasteiger partial charge < -0.3 is 15.0 Å². The number of nitrogens with zero attached hydrogens (tertiary/aromatic N) is 2. The molecule has 0 fully saturated rings. The summed E-state index contributed by atoms with van der Waals surface area (Å²) in [6, 6.07) is 25.8. The molecule has 8 nitrogen and oxygen atoms in total. The highest BCUT2D eigenvalue weighted by Gasteiger charge is 2.35. The van der Waals surface area contributed by atoms with Crippen molar-refractivity contribution in [1.82, 2.24) is 10.2 Å². The molecule has 11 heteroatoms. The minimum absolute atomic E-state index is 0.0521. The number of sulfonamides is 1. The Labute approximate surface area is 268 Å². The van der Waals surface area contributed by atoms with Crippen LogP contribution in [0.4, 0.5) is 10.1 Å². The van der Waals surface area contributed by atoms with Gasteiger partial charge in [-0.1, -0.05) is 78.3 Å². The molecule has 1 atom stereocenters. The molecule has 0 radical (unpaired) electrons. The van der Waals surface area contributed by atoms with Crippen LogP contribution in [-0.2, 0) is 32.6 Å². The highest BCUT2D eigenvalue weighted by atomic mass is 35.5. The van der Waals surface area contributed by atoms with Crippen molar-refractivity contribution in [2.45, 2.75) is 43.8 Å². The van der Waals surface area contributed by atoms with Gasteiger partial charge in [0.05, 0.1) is 22.7 Å². The minimum Gasteiger partial charge on any atom is -0.495 e. The van der Waals surface area contributed by atoms with Crippen LogP contribution >= 0.6 is 11.6 Å². The van der Waals surface area contributed by atoms with Crippen molar-refractivity contribution in [3.8, 4) is 5.75 Å². The van der Waals surface area contributed by atoms with Crippen molar-refractivity contribution in [2.24, 2.45) is 0 Å². The molecule has 0 saturated carbocycles. The predicted molar refractivity (Wildman–Crippen MR) is 173 cm³/mol. The Balaban J connectivity index is 1.83. The van der Waals surface area contributed by atoms with E-state index in [0.717, 1.165) is 9.87 Å². The third kappa shape index (κ3) is 8.40. The lowest BCUT2D eigenvalue weighted by Crippen LogP contribution is -2.54. The first-order valence-corrected chi connectivity index (χ1v) is 16.1. The Hall–Kier alpha value is -4.41. The number of benzene rings is 4. The molecule has 45 heavy (non-hydrogen) atoms. The molecular weight excluding hydrogens is 617 g/mol. The summed E-state index contributed by atoms with van der Waals surface area (Å²) < 4.78 is 49.3. The highest BCUT2D eigenvalue weighted by molar-refractivity contribution is 7.92. The number of carbonyl (C=O) groups excluding carboxylic acids is 2. The normalized spacial score (nSPS) is 12.0. The maximum atomic E-state index is 15.0. The van der Waals surface area contributed by atoms with Crippen molar-refractivity contribution in [3.05, 3.63) is 125 Å². The van der Waals surface area contributed by atoms with E-state index in [4.69, 9.17) is 16.3 Å². The summed E-state index contributed by atoms with van der Waals surface area (Å²) >= 11 is 6.39. The van der Waals surface area contributed by atoms with Crippen LogP contribution < -0.4 is 14.4 Å². The Morgan fingerprint density at radius 1 is 0.911 bits per heavy atom. The summed E-state index contributed by atoms with van der Waals surface area (Å²) in [6.07, 6.45) is 0.111. The molecule has 0 saturated heterocycles. The Bertz CT molecular complexity index is 1720. The molecule has 0 unspecified atom stereocenters. The minimum atomic E-state index is -4.31. The zero-order chi connectivity index (χ0) is 32.6. The summed E-state index contributed by atoms with van der Waals surface area (Å²) in [7, 11) is -2.88. The summed E-state index contributed by atoms with van der Waals surface area (Å²) in [6.45, 7) is 2.61. The van der Waals surface area contributed by atoms with E-state index in [9.17, 15) is 22.4 Å². The van der Waals surface area contributed by atoms with Crippen molar-refractivity contribution in [1.29, 1.82) is 0 Å². The summed E-state index contributed by atoms with van der Waals surface area (Å²) in [5, 5.41) is 3.01. The van der Waals surface area contributed by atoms with E-state index in [2.05, 4.69) is 5.32 Å². The van der Waals surface area contributed by atoms with Crippen molar-refractivity contribution >= 4 is 39.1 Å². The van der Waals surface area contributed by atoms with Gasteiger partial charge in [0.2, 0.25) is 11.8 Å². The smallest absolute Gasteiger partial charge is 0.264 e. The zero-order valence-corrected chi connectivity index (χ0v) is 26.8. The van der Waals surface area contributed by atoms with Crippen LogP contribution in [-0.4, -0.2) is 50.9 Å². The van der Waals surface area contributed by atoms with Crippen molar-refractivity contribution in [2.75, 3.05) is 18.0 Å². The van der Waals surface area contributed by atoms with E-state index in [1.165, 1.54) is 60.5 Å². The predicted octanol–water partition coefficient (Wildman–Crippen LogP) is 5.85. The topological polar surface area (TPSA) is 96.0 Å². The molecule has 0 spiro atoms. The van der Waals surface area contributed by atoms with Crippen LogP contribution in [0.25, 0.3) is 0 Å². The number of ether oxygens (including phenoxy) is 1. The fourth-order valence-electron chi connectivity index (χ4n) is 4.80. The first-order valence-electron chi connectivity index (χ1n) is 14.3. The second kappa shape index (κ2) is 15.0. The van der Waals surface area contributed by atoms with E-state index in [1.807, 2.05) is 30.3 Å². The number of rotatable bonds is 13. The maximum absolute atomic E-state index is 15.0. The lowest BCUT2D eigenvalue weighted by molar-refractivity contribution is -0.140. The number of nitrogens with one attached hydrogen (secondary N) is 1. The standard InChI is InChI=1S/C34H35ClFN3O5S/c1-24(2)37-34(41)31(20-25-12-6-4-7-13-25)38(22-26-14-10-11-17-30(26)36)33(40)23-39(27-18-19-32(44-3)29(35)21-27)45(42,43)28-15-8-5-9-16-28/h4-19,21,24,31H,20,22-23H2,1-3H3,(H,37,41)/t31-/m1/s1. The van der Waals surface area contributed by atoms with Crippen molar-refractivity contribution in [3.63, 3.8) is 0 Å². The molecule has 0 aliphatic rings. The van der Waals surface area contributed by atoms with Crippen molar-refractivity contribution < 1.29 is 27.1 Å². The molecular formula is C34H35ClFN3O5S. The van der Waals surface area contributed by atoms with Gasteiger partial charge in [-0.25, -0.2) is 12.8 Å². The number of amides is 2. The van der Waals surface area contributed by atoms with Crippen LogP contribution in [0.3, 0.4) is 0 Å². The first kappa shape index (κ1) is 33.5. The lowest BCUT2D eigenvalue weighted by atomic mass is 10.0. The lowest BCUT2D eigenvalue weighted by Gasteiger charge is -2.34. The van der Waals surface area contributed by atoms with Crippen LogP contribution in [0.2, 0.25) is 5.02 Å². The summed E-state index contributed by atoms with van der Waals surface area (Å²) in [5.41, 5.74) is 1.05. The van der Waals surface area contributed by atoms with Crippen LogP contribution in [0, 0.1) is 5.82 Å². The van der Waals surface area contributed by atoms with Gasteiger partial charge >= 0.3 is 0 Å². The SMILES string of the molecule is COc1ccc(N(CC(=O)N(Cc2ccccc2F)[C@H](Cc2ccccc2)C(=O)NC(C)C)S(=O)(=O)c2ccccc2)cc1Cl. The van der Waals surface area contributed by atoms with Crippen LogP contribution in [0.15, 0.2) is 108 Å². The average molecular weight is 652 g/mol. The molecule has 2 amide bonds. The fraction of sp³-hybridized carbons (Fsp3) is 0.235. The molecule has 1 N–H and O–H groups in total. The number of carbonyl (C=O) groups is 2. The maximum Gasteiger partial charge on any atom is 0.264 e. The van der Waals surface area contributed by atoms with Gasteiger partial charge in [0.15, 0.2) is 0 Å². The van der Waals surface area contributed by atoms with E-state index < -0.39 is 40.2 Å². The summed E-state index contributed by atoms with van der Waals surface area (Å²) in [5.74, 6) is -1.42. The number of anilines is 1. The van der Waals surface area contributed by atoms with E-state index in [0.29, 0.717) is 5.75 Å². The molecule has 4 aromatic rings. The number of hydrogen-bond acceptors (Lipinski definition) is 5. The van der Waals surface area contributed by atoms with Gasteiger partial charge in [-0.3, -0.25) is 13.9 Å². The van der Waals surface area contributed by atoms with E-state index in [-0.39, 0.29) is 40.2 Å². The second-order valence-electron chi connectivity index (χ2n) is 10.6. The van der Waals surface area contributed by atoms with Gasteiger partial charge in [-0.2, -0.15) is 0 Å². The van der Waals surface area contributed by atoms with E-state index >= 15 is 0 Å². The molecule has 4 aromatic carbocycles. The van der Waals surface area contributed by atoms with Crippen LogP contribution in [0.5, 0.6) is 5.75 Å². The van der Waals surface area contributed by atoms with Gasteiger partial charge in [0.25, 0.3) is 10.0 Å².